The van der Waals surface area contributed by atoms with Crippen molar-refractivity contribution >= 4 is 12.0 Å². The second-order valence-corrected chi connectivity index (χ2v) is 9.38. The van der Waals surface area contributed by atoms with Crippen LogP contribution in [-0.4, -0.2) is 74.5 Å². The molecule has 1 saturated heterocycles. The molecule has 8 nitrogen and oxygen atoms in total. The van der Waals surface area contributed by atoms with Gasteiger partial charge in [-0.25, -0.2) is 4.79 Å². The number of nitrogens with one attached hydrogen (secondary N) is 2. The van der Waals surface area contributed by atoms with Gasteiger partial charge in [0.05, 0.1) is 18.8 Å². The highest BCUT2D eigenvalue weighted by Gasteiger charge is 2.31. The maximum absolute atomic E-state index is 13.1. The van der Waals surface area contributed by atoms with E-state index < -0.39 is 5.60 Å². The molecule has 0 spiro atoms. The number of hydrogen-bond donors (Lipinski definition) is 2. The summed E-state index contributed by atoms with van der Waals surface area (Å²) in [6.45, 7) is 9.95. The number of ether oxygens (including phenoxy) is 3. The number of piperidine rings is 1. The predicted octanol–water partition coefficient (Wildman–Crippen LogP) is 2.82. The van der Waals surface area contributed by atoms with Crippen LogP contribution < -0.4 is 15.4 Å². The van der Waals surface area contributed by atoms with Crippen LogP contribution in [0.5, 0.6) is 5.75 Å². The number of hydrogen-bond acceptors (Lipinski definition) is 6. The summed E-state index contributed by atoms with van der Waals surface area (Å²) in [4.78, 5) is 27.3. The summed E-state index contributed by atoms with van der Waals surface area (Å²) >= 11 is 0. The molecule has 1 aromatic rings. The molecule has 1 unspecified atom stereocenters. The van der Waals surface area contributed by atoms with Gasteiger partial charge in [0.2, 0.25) is 0 Å². The Morgan fingerprint density at radius 1 is 1.06 bits per heavy atom. The van der Waals surface area contributed by atoms with Crippen molar-refractivity contribution in [2.75, 3.05) is 46.0 Å². The molecular formula is C24H37N3O5. The van der Waals surface area contributed by atoms with Crippen LogP contribution in [0.4, 0.5) is 4.79 Å². The molecule has 2 N–H and O–H groups in total. The van der Waals surface area contributed by atoms with E-state index in [1.165, 1.54) is 0 Å². The summed E-state index contributed by atoms with van der Waals surface area (Å²) in [6, 6.07) is 7.32. The number of benzene rings is 1. The Kier molecular flexibility index (Phi) is 8.75. The highest BCUT2D eigenvalue weighted by Crippen LogP contribution is 2.25. The molecule has 0 bridgehead atoms. The van der Waals surface area contributed by atoms with Crippen LogP contribution in [0.3, 0.4) is 0 Å². The van der Waals surface area contributed by atoms with Gasteiger partial charge in [-0.2, -0.15) is 0 Å². The zero-order chi connectivity index (χ0) is 23.0. The summed E-state index contributed by atoms with van der Waals surface area (Å²) in [6.07, 6.45) is 2.20. The van der Waals surface area contributed by atoms with Crippen molar-refractivity contribution < 1.29 is 23.8 Å². The zero-order valence-electron chi connectivity index (χ0n) is 19.5. The van der Waals surface area contributed by atoms with Gasteiger partial charge in [-0.1, -0.05) is 12.1 Å². The fourth-order valence-electron chi connectivity index (χ4n) is 4.10. The average molecular weight is 448 g/mol. The molecule has 0 saturated carbocycles. The van der Waals surface area contributed by atoms with Crippen LogP contribution in [-0.2, 0) is 9.47 Å². The highest BCUT2D eigenvalue weighted by atomic mass is 16.6. The van der Waals surface area contributed by atoms with E-state index in [9.17, 15) is 9.59 Å². The first-order chi connectivity index (χ1) is 15.3. The fourth-order valence-corrected chi connectivity index (χ4v) is 4.10. The molecular weight excluding hydrogens is 410 g/mol. The van der Waals surface area contributed by atoms with Crippen LogP contribution in [0.15, 0.2) is 24.3 Å². The Balaban J connectivity index is 1.66. The smallest absolute Gasteiger partial charge is 0.410 e. The number of para-hydroxylation sites is 1. The minimum Gasteiger partial charge on any atom is -0.490 e. The summed E-state index contributed by atoms with van der Waals surface area (Å²) in [7, 11) is 0. The van der Waals surface area contributed by atoms with Crippen molar-refractivity contribution in [1.29, 1.82) is 0 Å². The Morgan fingerprint density at radius 2 is 1.81 bits per heavy atom. The van der Waals surface area contributed by atoms with E-state index in [0.717, 1.165) is 32.4 Å². The van der Waals surface area contributed by atoms with E-state index in [4.69, 9.17) is 14.2 Å². The lowest BCUT2D eigenvalue weighted by molar-refractivity contribution is 0.0166. The molecule has 0 aromatic heterocycles. The van der Waals surface area contributed by atoms with E-state index in [-0.39, 0.29) is 24.0 Å². The Bertz CT molecular complexity index is 756. The third-order valence-corrected chi connectivity index (χ3v) is 5.75. The number of rotatable bonds is 1. The number of nitrogens with zero attached hydrogens (tertiary/aromatic N) is 1. The normalized spacial score (nSPS) is 22.2. The van der Waals surface area contributed by atoms with Crippen molar-refractivity contribution in [1.82, 2.24) is 15.5 Å². The number of carbonyl (C=O) groups excluding carboxylic acids is 2. The van der Waals surface area contributed by atoms with Gasteiger partial charge < -0.3 is 29.7 Å². The SMILES string of the molecule is CC(C)(C)OC(=O)N1CCC(C2CCNCCOCCOc3ccccc3C(=O)N2)CC1. The third-order valence-electron chi connectivity index (χ3n) is 5.75. The molecule has 0 radical (unpaired) electrons. The van der Waals surface area contributed by atoms with Crippen molar-refractivity contribution in [2.45, 2.75) is 51.7 Å². The highest BCUT2D eigenvalue weighted by molar-refractivity contribution is 5.97. The van der Waals surface area contributed by atoms with E-state index >= 15 is 0 Å². The quantitative estimate of drug-likeness (QED) is 0.688. The van der Waals surface area contributed by atoms with Crippen molar-refractivity contribution in [2.24, 2.45) is 5.92 Å². The van der Waals surface area contributed by atoms with Crippen molar-refractivity contribution in [3.8, 4) is 5.75 Å². The van der Waals surface area contributed by atoms with E-state index in [2.05, 4.69) is 10.6 Å². The molecule has 2 amide bonds. The Morgan fingerprint density at radius 3 is 2.56 bits per heavy atom. The second-order valence-electron chi connectivity index (χ2n) is 9.38. The first kappa shape index (κ1) is 24.3. The van der Waals surface area contributed by atoms with Crippen LogP contribution in [0, 0.1) is 5.92 Å². The lowest BCUT2D eigenvalue weighted by Crippen LogP contribution is -2.48. The topological polar surface area (TPSA) is 89.1 Å². The number of likely N-dealkylation sites (tertiary alicyclic amines) is 1. The molecule has 32 heavy (non-hydrogen) atoms. The molecule has 0 aliphatic carbocycles. The summed E-state index contributed by atoms with van der Waals surface area (Å²) in [5, 5.41) is 6.65. The molecule has 3 rings (SSSR count). The van der Waals surface area contributed by atoms with Crippen LogP contribution in [0.25, 0.3) is 0 Å². The van der Waals surface area contributed by atoms with Gasteiger partial charge in [0, 0.05) is 25.7 Å². The molecule has 1 fully saturated rings. The molecule has 2 aliphatic rings. The molecule has 178 valence electrons. The van der Waals surface area contributed by atoms with Crippen molar-refractivity contribution in [3.05, 3.63) is 29.8 Å². The lowest BCUT2D eigenvalue weighted by atomic mass is 9.87. The van der Waals surface area contributed by atoms with Gasteiger partial charge in [-0.15, -0.1) is 0 Å². The Labute approximate surface area is 191 Å². The largest absolute Gasteiger partial charge is 0.490 e. The molecule has 8 heteroatoms. The van der Waals surface area contributed by atoms with Gasteiger partial charge >= 0.3 is 6.09 Å². The van der Waals surface area contributed by atoms with Crippen molar-refractivity contribution in [3.63, 3.8) is 0 Å². The van der Waals surface area contributed by atoms with Gasteiger partial charge in [0.15, 0.2) is 0 Å². The average Bonchev–Trinajstić information content (AvgIpc) is 2.76. The third kappa shape index (κ3) is 7.38. The standard InChI is InChI=1S/C24H37N3O5/c1-24(2,3)32-23(29)27-13-9-18(10-14-27)20-8-11-25-12-15-30-16-17-31-21-7-5-4-6-19(21)22(28)26-20/h4-7,18,20,25H,8-17H2,1-3H3,(H,26,28). The first-order valence-electron chi connectivity index (χ1n) is 11.6. The van der Waals surface area contributed by atoms with Gasteiger partial charge in [0.25, 0.3) is 5.91 Å². The lowest BCUT2D eigenvalue weighted by Gasteiger charge is -2.37. The van der Waals surface area contributed by atoms with E-state index in [0.29, 0.717) is 44.2 Å². The Hall–Kier alpha value is -2.32. The van der Waals surface area contributed by atoms with Crippen LogP contribution in [0.2, 0.25) is 0 Å². The van der Waals surface area contributed by atoms with Gasteiger partial charge in [-0.3, -0.25) is 4.79 Å². The second kappa shape index (κ2) is 11.5. The van der Waals surface area contributed by atoms with Crippen LogP contribution >= 0.6 is 0 Å². The van der Waals surface area contributed by atoms with Gasteiger partial charge in [-0.05, 0) is 64.6 Å². The fraction of sp³-hybridized carbons (Fsp3) is 0.667. The van der Waals surface area contributed by atoms with E-state index in [1.54, 1.807) is 11.0 Å². The summed E-state index contributed by atoms with van der Waals surface area (Å²) in [5.41, 5.74) is 0.0337. The summed E-state index contributed by atoms with van der Waals surface area (Å²) < 4.78 is 16.9. The number of amides is 2. The maximum Gasteiger partial charge on any atom is 0.410 e. The molecule has 1 aromatic carbocycles. The first-order valence-corrected chi connectivity index (χ1v) is 11.6. The number of fused-ring (bicyclic) bond motifs is 1. The number of carbonyl (C=O) groups is 2. The monoisotopic (exact) mass is 447 g/mol. The summed E-state index contributed by atoms with van der Waals surface area (Å²) in [5.74, 6) is 0.733. The molecule has 2 heterocycles. The molecule has 2 aliphatic heterocycles. The minimum atomic E-state index is -0.502. The van der Waals surface area contributed by atoms with E-state index in [1.807, 2.05) is 39.0 Å². The molecule has 1 atom stereocenters. The maximum atomic E-state index is 13.1. The predicted molar refractivity (Wildman–Crippen MR) is 122 cm³/mol. The van der Waals surface area contributed by atoms with Gasteiger partial charge in [0.1, 0.15) is 18.0 Å². The zero-order valence-corrected chi connectivity index (χ0v) is 19.5. The van der Waals surface area contributed by atoms with Crippen LogP contribution in [0.1, 0.15) is 50.4 Å². The minimum absolute atomic E-state index is 0.00713.